The highest BCUT2D eigenvalue weighted by Crippen LogP contribution is 2.35. The maximum Gasteiger partial charge on any atom is 0.234 e. The molecule has 7 nitrogen and oxygen atoms in total. The number of Topliss-reactive ketones (excluding diaryl/α,β-unsaturated/α-hetero) is 1. The lowest BCUT2D eigenvalue weighted by Gasteiger charge is -2.26. The van der Waals surface area contributed by atoms with Crippen LogP contribution in [0.5, 0.6) is 0 Å². The number of amides is 1. The molecule has 10 heteroatoms. The largest absolute Gasteiger partial charge is 0.325 e. The topological polar surface area (TPSA) is 95.9 Å². The van der Waals surface area contributed by atoms with Crippen LogP contribution in [0.4, 0.5) is 11.4 Å². The molecule has 0 spiro atoms. The lowest BCUT2D eigenvalue weighted by molar-refractivity contribution is -0.113. The van der Waals surface area contributed by atoms with Gasteiger partial charge in [0, 0.05) is 22.0 Å². The molecule has 1 fully saturated rings. The first-order valence-corrected chi connectivity index (χ1v) is 13.2. The first kappa shape index (κ1) is 22.8. The van der Waals surface area contributed by atoms with E-state index in [9.17, 15) is 18.0 Å². The molecule has 2 atom stereocenters. The Morgan fingerprint density at radius 2 is 1.97 bits per heavy atom. The van der Waals surface area contributed by atoms with Gasteiger partial charge in [0.25, 0.3) is 0 Å². The first-order valence-electron chi connectivity index (χ1n) is 10.0. The third-order valence-electron chi connectivity index (χ3n) is 5.51. The monoisotopic (exact) mass is 491 g/mol. The molecule has 4 rings (SSSR count). The zero-order valence-corrected chi connectivity index (χ0v) is 19.9. The van der Waals surface area contributed by atoms with Gasteiger partial charge in [0.05, 0.1) is 29.3 Å². The molecule has 0 radical (unpaired) electrons. The van der Waals surface area contributed by atoms with Crippen LogP contribution in [-0.2, 0) is 14.6 Å². The summed E-state index contributed by atoms with van der Waals surface area (Å²) >= 11 is 7.37. The van der Waals surface area contributed by atoms with Gasteiger partial charge in [0.1, 0.15) is 0 Å². The second-order valence-corrected chi connectivity index (χ2v) is 11.4. The Labute approximate surface area is 196 Å². The lowest BCUT2D eigenvalue weighted by atomic mass is 10.1. The molecule has 0 unspecified atom stereocenters. The van der Waals surface area contributed by atoms with E-state index < -0.39 is 9.84 Å². The van der Waals surface area contributed by atoms with Crippen LogP contribution in [0.2, 0.25) is 5.02 Å². The van der Waals surface area contributed by atoms with Crippen molar-refractivity contribution in [3.63, 3.8) is 0 Å². The van der Waals surface area contributed by atoms with Crippen LogP contribution in [-0.4, -0.2) is 54.6 Å². The normalized spacial score (nSPS) is 21.2. The summed E-state index contributed by atoms with van der Waals surface area (Å²) in [7, 11) is -3.19. The van der Waals surface area contributed by atoms with E-state index >= 15 is 0 Å². The van der Waals surface area contributed by atoms with Crippen LogP contribution in [0.1, 0.15) is 22.8 Å². The Bertz CT molecular complexity index is 1230. The highest BCUT2D eigenvalue weighted by atomic mass is 35.5. The van der Waals surface area contributed by atoms with Gasteiger partial charge in [0.2, 0.25) is 5.91 Å². The Morgan fingerprint density at radius 3 is 2.72 bits per heavy atom. The van der Waals surface area contributed by atoms with Crippen LogP contribution in [0.25, 0.3) is 0 Å². The second kappa shape index (κ2) is 8.88. The fraction of sp³-hybridized carbons (Fsp3) is 0.318. The minimum absolute atomic E-state index is 0.0105. The van der Waals surface area contributed by atoms with Gasteiger partial charge in [-0.25, -0.2) is 8.42 Å². The molecule has 2 aliphatic heterocycles. The lowest BCUT2D eigenvalue weighted by Crippen LogP contribution is -2.39. The number of ketones is 1. The molecule has 0 aliphatic carbocycles. The molecule has 0 saturated carbocycles. The van der Waals surface area contributed by atoms with Crippen molar-refractivity contribution in [2.45, 2.75) is 25.9 Å². The van der Waals surface area contributed by atoms with Crippen molar-refractivity contribution < 1.29 is 18.0 Å². The highest BCUT2D eigenvalue weighted by molar-refractivity contribution is 8.14. The van der Waals surface area contributed by atoms with Gasteiger partial charge in [-0.1, -0.05) is 41.6 Å². The van der Waals surface area contributed by atoms with Crippen LogP contribution in [0.15, 0.2) is 47.5 Å². The summed E-state index contributed by atoms with van der Waals surface area (Å²) in [6.07, 6.45) is 0. The average molecular weight is 492 g/mol. The molecule has 2 aromatic carbocycles. The number of hydrogen-bond donors (Lipinski definition) is 1. The number of fused-ring (bicyclic) bond motifs is 1. The fourth-order valence-corrected chi connectivity index (χ4v) is 6.81. The number of thioether (sulfide) groups is 1. The number of rotatable bonds is 5. The molecule has 2 aromatic rings. The molecule has 1 N–H and O–H groups in total. The summed E-state index contributed by atoms with van der Waals surface area (Å²) in [5.41, 5.74) is 2.66. The summed E-state index contributed by atoms with van der Waals surface area (Å²) in [5, 5.41) is 4.01. The van der Waals surface area contributed by atoms with E-state index in [0.29, 0.717) is 27.1 Å². The Balaban J connectivity index is 1.54. The van der Waals surface area contributed by atoms with Gasteiger partial charge in [-0.2, -0.15) is 0 Å². The molecule has 2 heterocycles. The van der Waals surface area contributed by atoms with Gasteiger partial charge in [0.15, 0.2) is 20.8 Å². The number of benzene rings is 2. The predicted octanol–water partition coefficient (Wildman–Crippen LogP) is 3.56. The number of aliphatic imine (C=N–C) groups is 1. The van der Waals surface area contributed by atoms with Crippen LogP contribution in [0, 0.1) is 6.92 Å². The molecule has 0 bridgehead atoms. The molecule has 1 saturated heterocycles. The number of anilines is 2. The smallest absolute Gasteiger partial charge is 0.234 e. The standard InChI is InChI=1S/C22H22ClN3O4S2/c1-13-17(23)7-4-8-18(13)24-21(28)10-31-22-25-19-11-32(29,30)12-20(19)26(22)16-6-3-5-15(9-16)14(2)27/h3-9,19-20H,10-12H2,1-2H3,(H,24,28)/t19-,20+/m0/s1. The zero-order valence-electron chi connectivity index (χ0n) is 17.5. The minimum Gasteiger partial charge on any atom is -0.325 e. The number of halogens is 1. The molecule has 2 aliphatic rings. The molecular weight excluding hydrogens is 470 g/mol. The van der Waals surface area contributed by atoms with E-state index in [1.165, 1.54) is 18.7 Å². The second-order valence-electron chi connectivity index (χ2n) is 7.85. The quantitative estimate of drug-likeness (QED) is 0.642. The van der Waals surface area contributed by atoms with E-state index in [4.69, 9.17) is 11.6 Å². The van der Waals surface area contributed by atoms with Gasteiger partial charge < -0.3 is 10.2 Å². The van der Waals surface area contributed by atoms with E-state index in [0.717, 1.165) is 5.56 Å². The number of hydrogen-bond acceptors (Lipinski definition) is 7. The number of amidine groups is 1. The van der Waals surface area contributed by atoms with Crippen LogP contribution < -0.4 is 10.2 Å². The van der Waals surface area contributed by atoms with Crippen molar-refractivity contribution in [3.8, 4) is 0 Å². The summed E-state index contributed by atoms with van der Waals surface area (Å²) in [6, 6.07) is 11.6. The van der Waals surface area contributed by atoms with Gasteiger partial charge in [-0.15, -0.1) is 0 Å². The molecule has 0 aromatic heterocycles. The third-order valence-corrected chi connectivity index (χ3v) is 8.59. The Hall–Kier alpha value is -2.36. The summed E-state index contributed by atoms with van der Waals surface area (Å²) in [5.74, 6) is -0.226. The molecular formula is C22H22ClN3O4S2. The number of carbonyl (C=O) groups excluding carboxylic acids is 2. The van der Waals surface area contributed by atoms with Gasteiger partial charge in [-0.3, -0.25) is 14.6 Å². The summed E-state index contributed by atoms with van der Waals surface area (Å²) in [6.45, 7) is 3.31. The zero-order chi connectivity index (χ0) is 23.0. The number of nitrogens with one attached hydrogen (secondary N) is 1. The van der Waals surface area contributed by atoms with Crippen molar-refractivity contribution in [1.82, 2.24) is 0 Å². The number of carbonyl (C=O) groups is 2. The van der Waals surface area contributed by atoms with Crippen molar-refractivity contribution in [2.24, 2.45) is 4.99 Å². The van der Waals surface area contributed by atoms with Gasteiger partial charge >= 0.3 is 0 Å². The summed E-state index contributed by atoms with van der Waals surface area (Å²) in [4.78, 5) is 30.9. The maximum absolute atomic E-state index is 12.6. The van der Waals surface area contributed by atoms with Crippen molar-refractivity contribution in [2.75, 3.05) is 27.5 Å². The number of sulfone groups is 1. The SMILES string of the molecule is CC(=O)c1cccc(N2C(SCC(=O)Nc3cccc(Cl)c3C)=N[C@H]3CS(=O)(=O)C[C@H]32)c1. The number of nitrogens with zero attached hydrogens (tertiary/aromatic N) is 2. The Kier molecular flexibility index (Phi) is 6.33. The van der Waals surface area contributed by atoms with E-state index in [2.05, 4.69) is 10.3 Å². The summed E-state index contributed by atoms with van der Waals surface area (Å²) < 4.78 is 24.4. The molecule has 168 valence electrons. The minimum atomic E-state index is -3.19. The van der Waals surface area contributed by atoms with Crippen molar-refractivity contribution >= 4 is 61.4 Å². The third kappa shape index (κ3) is 4.69. The van der Waals surface area contributed by atoms with E-state index in [1.807, 2.05) is 17.9 Å². The predicted molar refractivity (Wildman–Crippen MR) is 130 cm³/mol. The average Bonchev–Trinajstić information content (AvgIpc) is 3.21. The van der Waals surface area contributed by atoms with Crippen LogP contribution in [0.3, 0.4) is 0 Å². The van der Waals surface area contributed by atoms with E-state index in [-0.39, 0.29) is 41.0 Å². The maximum atomic E-state index is 12.6. The fourth-order valence-electron chi connectivity index (χ4n) is 3.87. The van der Waals surface area contributed by atoms with Gasteiger partial charge in [-0.05, 0) is 43.7 Å². The first-order chi connectivity index (χ1) is 15.1. The van der Waals surface area contributed by atoms with Crippen molar-refractivity contribution in [3.05, 3.63) is 58.6 Å². The highest BCUT2D eigenvalue weighted by Gasteiger charge is 2.47. The van der Waals surface area contributed by atoms with Crippen molar-refractivity contribution in [1.29, 1.82) is 0 Å². The Morgan fingerprint density at radius 1 is 1.22 bits per heavy atom. The van der Waals surface area contributed by atoms with E-state index in [1.54, 1.807) is 36.4 Å². The molecule has 1 amide bonds. The van der Waals surface area contributed by atoms with Crippen LogP contribution >= 0.6 is 23.4 Å². The molecule has 32 heavy (non-hydrogen) atoms.